The minimum absolute atomic E-state index is 0.0760. The summed E-state index contributed by atoms with van der Waals surface area (Å²) in [6.07, 6.45) is 1.45. The third-order valence-corrected chi connectivity index (χ3v) is 6.31. The van der Waals surface area contributed by atoms with Crippen molar-refractivity contribution in [2.45, 2.75) is 26.3 Å². The number of nitrogens with one attached hydrogen (secondary N) is 1. The Morgan fingerprint density at radius 3 is 2.64 bits per heavy atom. The molecule has 0 saturated carbocycles. The van der Waals surface area contributed by atoms with Crippen molar-refractivity contribution in [2.24, 2.45) is 0 Å². The molecule has 0 aliphatic heterocycles. The fourth-order valence-corrected chi connectivity index (χ4v) is 4.72. The summed E-state index contributed by atoms with van der Waals surface area (Å²) in [5.74, 6) is 0.178. The van der Waals surface area contributed by atoms with E-state index in [1.807, 2.05) is 47.2 Å². The molecule has 0 spiro atoms. The first-order valence-corrected chi connectivity index (χ1v) is 10.7. The second-order valence-electron chi connectivity index (χ2n) is 6.81. The van der Waals surface area contributed by atoms with Crippen molar-refractivity contribution in [1.29, 1.82) is 0 Å². The van der Waals surface area contributed by atoms with Crippen LogP contribution in [0.3, 0.4) is 0 Å². The number of anilines is 1. The molecule has 3 aromatic heterocycles. The molecule has 3 heterocycles. The Balaban J connectivity index is 1.57. The van der Waals surface area contributed by atoms with Gasteiger partial charge in [-0.2, -0.15) is 0 Å². The number of carbonyl (C=O) groups is 1. The van der Waals surface area contributed by atoms with Crippen LogP contribution >= 0.6 is 22.7 Å². The van der Waals surface area contributed by atoms with Crippen LogP contribution < -0.4 is 10.9 Å². The molecule has 1 aromatic carbocycles. The fourth-order valence-electron chi connectivity index (χ4n) is 3.00. The number of fused-ring (bicyclic) bond motifs is 1. The van der Waals surface area contributed by atoms with Gasteiger partial charge in [-0.05, 0) is 35.1 Å². The number of carbonyl (C=O) groups excluding carboxylic acids is 1. The minimum Gasteiger partial charge on any atom is -0.325 e. The summed E-state index contributed by atoms with van der Waals surface area (Å²) in [4.78, 5) is 31.5. The third kappa shape index (κ3) is 3.63. The zero-order chi connectivity index (χ0) is 19.7. The van der Waals surface area contributed by atoms with E-state index in [-0.39, 0.29) is 18.0 Å². The highest BCUT2D eigenvalue weighted by molar-refractivity contribution is 7.18. The van der Waals surface area contributed by atoms with Crippen LogP contribution in [-0.2, 0) is 11.3 Å². The number of hydrogen-bond acceptors (Lipinski definition) is 5. The van der Waals surface area contributed by atoms with E-state index in [4.69, 9.17) is 0 Å². The van der Waals surface area contributed by atoms with E-state index < -0.39 is 0 Å². The Labute approximate surface area is 170 Å². The van der Waals surface area contributed by atoms with Crippen LogP contribution in [0.2, 0.25) is 0 Å². The maximum absolute atomic E-state index is 13.0. The predicted octanol–water partition coefficient (Wildman–Crippen LogP) is 4.95. The van der Waals surface area contributed by atoms with Gasteiger partial charge in [0, 0.05) is 21.5 Å². The number of aromatic nitrogens is 2. The molecule has 4 rings (SSSR count). The van der Waals surface area contributed by atoms with Gasteiger partial charge in [0.2, 0.25) is 5.91 Å². The van der Waals surface area contributed by atoms with Crippen LogP contribution in [0.15, 0.2) is 58.3 Å². The number of amides is 1. The smallest absolute Gasteiger partial charge is 0.263 e. The van der Waals surface area contributed by atoms with Gasteiger partial charge >= 0.3 is 0 Å². The number of thiophene rings is 2. The van der Waals surface area contributed by atoms with Crippen molar-refractivity contribution >= 4 is 44.5 Å². The van der Waals surface area contributed by atoms with Crippen LogP contribution in [0, 0.1) is 0 Å². The molecular weight excluding hydrogens is 390 g/mol. The largest absolute Gasteiger partial charge is 0.325 e. The number of hydrogen-bond donors (Lipinski definition) is 1. The Morgan fingerprint density at radius 2 is 1.96 bits per heavy atom. The normalized spacial score (nSPS) is 11.2. The van der Waals surface area contributed by atoms with Gasteiger partial charge in [-0.15, -0.1) is 22.7 Å². The average Bonchev–Trinajstić information content (AvgIpc) is 3.34. The molecule has 0 radical (unpaired) electrons. The summed E-state index contributed by atoms with van der Waals surface area (Å²) in [7, 11) is 0. The Hall–Kier alpha value is -2.77. The quantitative estimate of drug-likeness (QED) is 0.507. The Bertz CT molecular complexity index is 1170. The summed E-state index contributed by atoms with van der Waals surface area (Å²) >= 11 is 3.02. The molecule has 7 heteroatoms. The molecule has 1 N–H and O–H groups in total. The van der Waals surface area contributed by atoms with E-state index in [0.717, 1.165) is 10.4 Å². The highest BCUT2D eigenvalue weighted by atomic mass is 32.1. The van der Waals surface area contributed by atoms with Crippen LogP contribution in [0.1, 0.15) is 25.3 Å². The van der Waals surface area contributed by atoms with Gasteiger partial charge in [0.05, 0.1) is 11.7 Å². The SMILES string of the molecule is CC(C)c1ccc(NC(=O)Cn2cnc3scc(-c4cccs4)c3c2=O)cc1. The van der Waals surface area contributed by atoms with Crippen LogP contribution in [0.25, 0.3) is 20.7 Å². The second-order valence-corrected chi connectivity index (χ2v) is 8.62. The lowest BCUT2D eigenvalue weighted by molar-refractivity contribution is -0.116. The Kier molecular flexibility index (Phi) is 5.11. The molecule has 0 fully saturated rings. The standard InChI is InChI=1S/C21H19N3O2S2/c1-13(2)14-5-7-15(8-6-14)23-18(25)10-24-12-22-20-19(21(24)26)16(11-28-20)17-4-3-9-27-17/h3-9,11-13H,10H2,1-2H3,(H,23,25). The maximum Gasteiger partial charge on any atom is 0.263 e. The average molecular weight is 410 g/mol. The van der Waals surface area contributed by atoms with Crippen LogP contribution in [0.4, 0.5) is 5.69 Å². The zero-order valence-electron chi connectivity index (χ0n) is 15.5. The lowest BCUT2D eigenvalue weighted by Crippen LogP contribution is -2.27. The Morgan fingerprint density at radius 1 is 1.18 bits per heavy atom. The highest BCUT2D eigenvalue weighted by Gasteiger charge is 2.15. The van der Waals surface area contributed by atoms with Gasteiger partial charge in [0.1, 0.15) is 11.4 Å². The topological polar surface area (TPSA) is 64.0 Å². The molecule has 28 heavy (non-hydrogen) atoms. The maximum atomic E-state index is 13.0. The molecule has 0 saturated heterocycles. The molecule has 4 aromatic rings. The van der Waals surface area contributed by atoms with Gasteiger partial charge in [0.15, 0.2) is 0 Å². The first kappa shape index (κ1) is 18.6. The second kappa shape index (κ2) is 7.69. The molecule has 0 atom stereocenters. The summed E-state index contributed by atoms with van der Waals surface area (Å²) in [5, 5.41) is 7.35. The number of benzene rings is 1. The van der Waals surface area contributed by atoms with E-state index in [1.165, 1.54) is 27.8 Å². The van der Waals surface area contributed by atoms with Crippen LogP contribution in [-0.4, -0.2) is 15.5 Å². The molecule has 0 aliphatic rings. The van der Waals surface area contributed by atoms with Gasteiger partial charge in [-0.3, -0.25) is 14.2 Å². The number of nitrogens with zero attached hydrogens (tertiary/aromatic N) is 2. The first-order valence-electron chi connectivity index (χ1n) is 8.93. The number of rotatable bonds is 5. The fraction of sp³-hybridized carbons (Fsp3) is 0.190. The molecule has 142 valence electrons. The summed E-state index contributed by atoms with van der Waals surface area (Å²) in [5.41, 5.74) is 2.61. The predicted molar refractivity (Wildman–Crippen MR) is 116 cm³/mol. The summed E-state index contributed by atoms with van der Waals surface area (Å²) in [6, 6.07) is 11.7. The lowest BCUT2D eigenvalue weighted by Gasteiger charge is -2.09. The van der Waals surface area contributed by atoms with E-state index >= 15 is 0 Å². The minimum atomic E-state index is -0.256. The van der Waals surface area contributed by atoms with E-state index in [2.05, 4.69) is 24.1 Å². The van der Waals surface area contributed by atoms with Crippen LogP contribution in [0.5, 0.6) is 0 Å². The van der Waals surface area contributed by atoms with E-state index in [1.54, 1.807) is 11.3 Å². The van der Waals surface area contributed by atoms with Gasteiger partial charge in [0.25, 0.3) is 5.56 Å². The molecule has 0 aliphatic carbocycles. The van der Waals surface area contributed by atoms with Crippen molar-refractivity contribution in [3.63, 3.8) is 0 Å². The highest BCUT2D eigenvalue weighted by Crippen LogP contribution is 2.33. The first-order chi connectivity index (χ1) is 13.5. The van der Waals surface area contributed by atoms with E-state index in [0.29, 0.717) is 21.8 Å². The third-order valence-electron chi connectivity index (χ3n) is 4.52. The molecule has 0 unspecified atom stereocenters. The van der Waals surface area contributed by atoms with Gasteiger partial charge < -0.3 is 5.32 Å². The molecule has 0 bridgehead atoms. The monoisotopic (exact) mass is 409 g/mol. The van der Waals surface area contributed by atoms with Crippen molar-refractivity contribution in [3.05, 3.63) is 69.4 Å². The van der Waals surface area contributed by atoms with Crippen molar-refractivity contribution < 1.29 is 4.79 Å². The van der Waals surface area contributed by atoms with Gasteiger partial charge in [-0.25, -0.2) is 4.98 Å². The lowest BCUT2D eigenvalue weighted by atomic mass is 10.0. The van der Waals surface area contributed by atoms with E-state index in [9.17, 15) is 9.59 Å². The van der Waals surface area contributed by atoms with Gasteiger partial charge in [-0.1, -0.05) is 32.0 Å². The summed E-state index contributed by atoms with van der Waals surface area (Å²) < 4.78 is 1.37. The summed E-state index contributed by atoms with van der Waals surface area (Å²) in [6.45, 7) is 4.17. The van der Waals surface area contributed by atoms with Crippen molar-refractivity contribution in [3.8, 4) is 10.4 Å². The zero-order valence-corrected chi connectivity index (χ0v) is 17.1. The van der Waals surface area contributed by atoms with Crippen molar-refractivity contribution in [2.75, 3.05) is 5.32 Å². The molecule has 5 nitrogen and oxygen atoms in total. The van der Waals surface area contributed by atoms with Crippen molar-refractivity contribution in [1.82, 2.24) is 9.55 Å². The molecule has 1 amide bonds. The molecular formula is C21H19N3O2S2.